The molecule has 5 heteroatoms. The summed E-state index contributed by atoms with van der Waals surface area (Å²) < 4.78 is 10.9. The Balaban J connectivity index is 1.84. The number of hydrogen-bond acceptors (Lipinski definition) is 5. The van der Waals surface area contributed by atoms with Crippen molar-refractivity contribution < 1.29 is 19.4 Å². The van der Waals surface area contributed by atoms with Crippen LogP contribution >= 0.6 is 0 Å². The Labute approximate surface area is 142 Å². The molecule has 0 aromatic carbocycles. The summed E-state index contributed by atoms with van der Waals surface area (Å²) >= 11 is 0. The van der Waals surface area contributed by atoms with Crippen molar-refractivity contribution in [3.63, 3.8) is 0 Å². The normalized spacial score (nSPS) is 16.4. The molecule has 0 saturated carbocycles. The largest absolute Gasteiger partial charge is 0.494 e. The van der Waals surface area contributed by atoms with E-state index in [-0.39, 0.29) is 5.63 Å². The lowest BCUT2D eigenvalue weighted by atomic mass is 9.96. The number of aliphatic hydroxyl groups is 2. The second-order valence-corrected chi connectivity index (χ2v) is 6.82. The lowest BCUT2D eigenvalue weighted by molar-refractivity contribution is -0.0509. The molecule has 24 heavy (non-hydrogen) atoms. The van der Waals surface area contributed by atoms with Crippen LogP contribution in [0.25, 0.3) is 6.08 Å². The molecule has 132 valence electrons. The van der Waals surface area contributed by atoms with Crippen molar-refractivity contribution in [2.75, 3.05) is 6.61 Å². The molecule has 0 aliphatic heterocycles. The first-order chi connectivity index (χ1) is 11.3. The van der Waals surface area contributed by atoms with E-state index in [4.69, 9.17) is 9.15 Å². The van der Waals surface area contributed by atoms with Gasteiger partial charge in [-0.25, -0.2) is 4.79 Å². The molecule has 0 saturated heterocycles. The lowest BCUT2D eigenvalue weighted by Gasteiger charge is -2.24. The predicted molar refractivity (Wildman–Crippen MR) is 92.5 cm³/mol. The first kappa shape index (κ1) is 18.5. The van der Waals surface area contributed by atoms with E-state index in [1.54, 1.807) is 26.0 Å². The zero-order valence-electron chi connectivity index (χ0n) is 14.5. The highest BCUT2D eigenvalue weighted by Gasteiger charge is 2.23. The fraction of sp³-hybridized carbons (Fsp3) is 0.526. The molecule has 1 heterocycles. The average Bonchev–Trinajstić information content (AvgIpc) is 2.51. The third-order valence-electron chi connectivity index (χ3n) is 4.21. The average molecular weight is 334 g/mol. The van der Waals surface area contributed by atoms with E-state index in [0.29, 0.717) is 25.2 Å². The third kappa shape index (κ3) is 5.35. The van der Waals surface area contributed by atoms with Crippen LogP contribution in [0.15, 0.2) is 38.8 Å². The molecule has 0 radical (unpaired) electrons. The summed E-state index contributed by atoms with van der Waals surface area (Å²) in [5, 5.41) is 19.5. The molecule has 1 aliphatic carbocycles. The highest BCUT2D eigenvalue weighted by molar-refractivity contribution is 5.52. The zero-order valence-corrected chi connectivity index (χ0v) is 14.5. The van der Waals surface area contributed by atoms with Crippen LogP contribution in [0, 0.1) is 0 Å². The van der Waals surface area contributed by atoms with Crippen molar-refractivity contribution in [2.24, 2.45) is 0 Å². The van der Waals surface area contributed by atoms with Gasteiger partial charge in [-0.1, -0.05) is 5.57 Å². The zero-order chi connectivity index (χ0) is 17.7. The molecule has 1 aromatic heterocycles. The van der Waals surface area contributed by atoms with E-state index < -0.39 is 11.7 Å². The summed E-state index contributed by atoms with van der Waals surface area (Å²) in [5.74, 6) is 1.38. The lowest BCUT2D eigenvalue weighted by Crippen LogP contribution is -2.35. The van der Waals surface area contributed by atoms with Crippen LogP contribution in [-0.4, -0.2) is 28.5 Å². The maximum atomic E-state index is 11.3. The Morgan fingerprint density at radius 1 is 1.42 bits per heavy atom. The Bertz CT molecular complexity index is 676. The first-order valence-corrected chi connectivity index (χ1v) is 8.28. The number of aliphatic hydroxyl groups excluding tert-OH is 1. The van der Waals surface area contributed by atoms with Crippen LogP contribution in [0.1, 0.15) is 51.4 Å². The fourth-order valence-corrected chi connectivity index (χ4v) is 2.49. The van der Waals surface area contributed by atoms with Crippen LogP contribution in [-0.2, 0) is 11.2 Å². The molecule has 2 N–H and O–H groups in total. The van der Waals surface area contributed by atoms with E-state index >= 15 is 0 Å². The van der Waals surface area contributed by atoms with Gasteiger partial charge in [-0.05, 0) is 57.7 Å². The van der Waals surface area contributed by atoms with Crippen molar-refractivity contribution in [1.29, 1.82) is 0 Å². The van der Waals surface area contributed by atoms with Gasteiger partial charge in [0.2, 0.25) is 0 Å². The smallest absolute Gasteiger partial charge is 0.336 e. The molecule has 0 fully saturated rings. The molecular weight excluding hydrogens is 308 g/mol. The minimum Gasteiger partial charge on any atom is -0.494 e. The molecule has 1 atom stereocenters. The molecule has 2 rings (SSSR count). The Kier molecular flexibility index (Phi) is 6.02. The number of fused-ring (bicyclic) bond motifs is 1. The van der Waals surface area contributed by atoms with Crippen molar-refractivity contribution in [2.45, 2.75) is 58.2 Å². The van der Waals surface area contributed by atoms with Crippen LogP contribution in [0.4, 0.5) is 0 Å². The number of ether oxygens (including phenoxy) is 1. The SMILES string of the molecule is C/C(=C\COC1=Cc2oc(=O)ccc2CC1)CC[C@@H](O)C(C)(C)O. The van der Waals surface area contributed by atoms with Crippen LogP contribution in [0.2, 0.25) is 0 Å². The van der Waals surface area contributed by atoms with E-state index in [9.17, 15) is 15.0 Å². The Morgan fingerprint density at radius 3 is 2.88 bits per heavy atom. The first-order valence-electron chi connectivity index (χ1n) is 8.28. The molecule has 1 aromatic rings. The van der Waals surface area contributed by atoms with Gasteiger partial charge in [0.15, 0.2) is 0 Å². The van der Waals surface area contributed by atoms with Gasteiger partial charge in [0.25, 0.3) is 0 Å². The standard InChI is InChI=1S/C19H26O5/c1-13(4-8-17(20)19(2,3)22)10-11-23-15-7-5-14-6-9-18(21)24-16(14)12-15/h6,9-10,12,17,20,22H,4-5,7-8,11H2,1-3H3/b13-10+/t17-/m1/s1. The highest BCUT2D eigenvalue weighted by atomic mass is 16.5. The number of hydrogen-bond donors (Lipinski definition) is 2. The number of rotatable bonds is 7. The quantitative estimate of drug-likeness (QED) is 0.750. The van der Waals surface area contributed by atoms with Crippen molar-refractivity contribution >= 4 is 6.08 Å². The van der Waals surface area contributed by atoms with Crippen LogP contribution in [0.5, 0.6) is 0 Å². The summed E-state index contributed by atoms with van der Waals surface area (Å²) in [6.07, 6.45) is 5.78. The van der Waals surface area contributed by atoms with Crippen molar-refractivity contribution in [3.8, 4) is 0 Å². The molecule has 0 unspecified atom stereocenters. The molecule has 0 spiro atoms. The van der Waals surface area contributed by atoms with Crippen molar-refractivity contribution in [1.82, 2.24) is 0 Å². The van der Waals surface area contributed by atoms with Gasteiger partial charge in [0.1, 0.15) is 18.1 Å². The molecule has 1 aliphatic rings. The van der Waals surface area contributed by atoms with Gasteiger partial charge in [0, 0.05) is 18.6 Å². The predicted octanol–water partition coefficient (Wildman–Crippen LogP) is 2.80. The van der Waals surface area contributed by atoms with E-state index in [1.807, 2.05) is 13.0 Å². The molecule has 0 amide bonds. The van der Waals surface area contributed by atoms with Gasteiger partial charge in [-0.15, -0.1) is 0 Å². The highest BCUT2D eigenvalue weighted by Crippen LogP contribution is 2.23. The van der Waals surface area contributed by atoms with E-state index in [0.717, 1.165) is 29.7 Å². The minimum absolute atomic E-state index is 0.354. The third-order valence-corrected chi connectivity index (χ3v) is 4.21. The molecule has 0 bridgehead atoms. The molecular formula is C19H26O5. The number of allylic oxidation sites excluding steroid dienone is 2. The summed E-state index contributed by atoms with van der Waals surface area (Å²) in [5.41, 5.74) is 0.685. The van der Waals surface area contributed by atoms with Gasteiger partial charge < -0.3 is 19.4 Å². The summed E-state index contributed by atoms with van der Waals surface area (Å²) in [4.78, 5) is 11.3. The number of aryl methyl sites for hydroxylation is 1. The Hall–Kier alpha value is -1.85. The van der Waals surface area contributed by atoms with Gasteiger partial charge >= 0.3 is 5.63 Å². The summed E-state index contributed by atoms with van der Waals surface area (Å²) in [6.45, 7) is 5.61. The van der Waals surface area contributed by atoms with E-state index in [1.165, 1.54) is 6.07 Å². The Morgan fingerprint density at radius 2 is 2.17 bits per heavy atom. The summed E-state index contributed by atoms with van der Waals surface area (Å²) in [6, 6.07) is 3.24. The maximum absolute atomic E-state index is 11.3. The van der Waals surface area contributed by atoms with E-state index in [2.05, 4.69) is 0 Å². The van der Waals surface area contributed by atoms with Crippen LogP contribution < -0.4 is 5.63 Å². The van der Waals surface area contributed by atoms with Gasteiger partial charge in [-0.2, -0.15) is 0 Å². The van der Waals surface area contributed by atoms with Gasteiger partial charge in [-0.3, -0.25) is 0 Å². The monoisotopic (exact) mass is 334 g/mol. The van der Waals surface area contributed by atoms with Crippen molar-refractivity contribution in [3.05, 3.63) is 51.3 Å². The second kappa shape index (κ2) is 7.81. The molecule has 5 nitrogen and oxygen atoms in total. The summed E-state index contributed by atoms with van der Waals surface area (Å²) in [7, 11) is 0. The maximum Gasteiger partial charge on any atom is 0.336 e. The second-order valence-electron chi connectivity index (χ2n) is 6.82. The van der Waals surface area contributed by atoms with Crippen LogP contribution in [0.3, 0.4) is 0 Å². The fourth-order valence-electron chi connectivity index (χ4n) is 2.49. The minimum atomic E-state index is -1.08. The van der Waals surface area contributed by atoms with Gasteiger partial charge in [0.05, 0.1) is 11.7 Å². The topological polar surface area (TPSA) is 79.9 Å².